The molecule has 0 fully saturated rings. The molecule has 2 aromatic carbocycles. The van der Waals surface area contributed by atoms with Gasteiger partial charge in [-0.1, -0.05) is 30.3 Å². The van der Waals surface area contributed by atoms with Crippen LogP contribution in [0.1, 0.15) is 22.0 Å². The number of benzene rings is 2. The van der Waals surface area contributed by atoms with Crippen LogP contribution in [0.4, 0.5) is 4.79 Å². The molecule has 2 N–H and O–H groups in total. The first-order chi connectivity index (χ1) is 12.7. The van der Waals surface area contributed by atoms with E-state index in [1.807, 2.05) is 0 Å². The van der Waals surface area contributed by atoms with Crippen LogP contribution in [0.15, 0.2) is 59.5 Å². The Hall–Kier alpha value is -3.20. The van der Waals surface area contributed by atoms with E-state index >= 15 is 0 Å². The number of ether oxygens (including phenoxy) is 1. The highest BCUT2D eigenvalue weighted by atomic mass is 32.2. The highest BCUT2D eigenvalue weighted by Crippen LogP contribution is 2.20. The van der Waals surface area contributed by atoms with Crippen molar-refractivity contribution < 1.29 is 27.5 Å². The minimum atomic E-state index is -3.40. The first-order valence-corrected chi connectivity index (χ1v) is 9.70. The topological polar surface area (TPSA) is 119 Å². The summed E-state index contributed by atoms with van der Waals surface area (Å²) in [5, 5.41) is 4.31. The summed E-state index contributed by atoms with van der Waals surface area (Å²) in [6.45, 7) is 0. The van der Waals surface area contributed by atoms with Gasteiger partial charge in [-0.3, -0.25) is 10.1 Å². The number of sulfone groups is 1. The average Bonchev–Trinajstić information content (AvgIpc) is 2.65. The fourth-order valence-electron chi connectivity index (χ4n) is 2.15. The number of imide groups is 1. The monoisotopic (exact) mass is 390 g/mol. The van der Waals surface area contributed by atoms with Gasteiger partial charge in [0.15, 0.2) is 9.84 Å². The summed E-state index contributed by atoms with van der Waals surface area (Å²) in [6, 6.07) is 12.6. The third kappa shape index (κ3) is 5.38. The van der Waals surface area contributed by atoms with Gasteiger partial charge < -0.3 is 10.1 Å². The third-order valence-electron chi connectivity index (χ3n) is 3.55. The second-order valence-electron chi connectivity index (χ2n) is 5.56. The maximum atomic E-state index is 12.4. The van der Waals surface area contributed by atoms with Gasteiger partial charge in [-0.05, 0) is 24.3 Å². The fourth-order valence-corrected chi connectivity index (χ4v) is 2.78. The highest BCUT2D eigenvalue weighted by Gasteiger charge is 2.27. The number of esters is 1. The molecule has 0 heterocycles. The number of amides is 3. The van der Waals surface area contributed by atoms with Crippen molar-refractivity contribution in [2.24, 2.45) is 0 Å². The van der Waals surface area contributed by atoms with Crippen LogP contribution >= 0.6 is 0 Å². The Morgan fingerprint density at radius 2 is 1.56 bits per heavy atom. The van der Waals surface area contributed by atoms with Crippen molar-refractivity contribution in [3.05, 3.63) is 65.7 Å². The van der Waals surface area contributed by atoms with E-state index in [0.29, 0.717) is 5.56 Å². The van der Waals surface area contributed by atoms with Gasteiger partial charge in [-0.25, -0.2) is 18.0 Å². The van der Waals surface area contributed by atoms with Gasteiger partial charge in [0, 0.05) is 18.9 Å². The van der Waals surface area contributed by atoms with E-state index in [0.717, 1.165) is 6.26 Å². The lowest BCUT2D eigenvalue weighted by atomic mass is 10.1. The second-order valence-corrected chi connectivity index (χ2v) is 7.58. The van der Waals surface area contributed by atoms with E-state index in [4.69, 9.17) is 4.74 Å². The SMILES string of the molecule is CNC(=O)NC(=O)[C@H](OC(=O)c1ccc(S(C)(=O)=O)cc1)c1ccccc1. The molecule has 0 aliphatic heterocycles. The molecule has 0 saturated heterocycles. The molecule has 9 heteroatoms. The average molecular weight is 390 g/mol. The molecule has 3 amide bonds. The van der Waals surface area contributed by atoms with Crippen molar-refractivity contribution >= 4 is 27.7 Å². The van der Waals surface area contributed by atoms with Gasteiger partial charge in [0.25, 0.3) is 5.91 Å². The molecule has 0 spiro atoms. The quantitative estimate of drug-likeness (QED) is 0.746. The summed E-state index contributed by atoms with van der Waals surface area (Å²) >= 11 is 0. The van der Waals surface area contributed by atoms with E-state index in [1.54, 1.807) is 30.3 Å². The summed E-state index contributed by atoms with van der Waals surface area (Å²) in [4.78, 5) is 36.2. The van der Waals surface area contributed by atoms with Gasteiger partial charge in [0.05, 0.1) is 10.5 Å². The van der Waals surface area contributed by atoms with Crippen molar-refractivity contribution in [3.8, 4) is 0 Å². The summed E-state index contributed by atoms with van der Waals surface area (Å²) in [6.07, 6.45) is -0.305. The molecule has 27 heavy (non-hydrogen) atoms. The van der Waals surface area contributed by atoms with E-state index in [-0.39, 0.29) is 10.5 Å². The number of hydrogen-bond donors (Lipinski definition) is 2. The smallest absolute Gasteiger partial charge is 0.339 e. The molecule has 0 unspecified atom stereocenters. The first kappa shape index (κ1) is 20.1. The molecule has 1 atom stereocenters. The molecule has 0 aliphatic carbocycles. The van der Waals surface area contributed by atoms with Crippen LogP contribution < -0.4 is 10.6 Å². The standard InChI is InChI=1S/C18H18N2O6S/c1-19-18(23)20-16(21)15(12-6-4-3-5-7-12)26-17(22)13-8-10-14(11-9-13)27(2,24)25/h3-11,15H,1-2H3,(H2,19,20,21,23)/t15-/m1/s1. The molecule has 0 radical (unpaired) electrons. The maximum Gasteiger partial charge on any atom is 0.339 e. The molecule has 0 saturated carbocycles. The van der Waals surface area contributed by atoms with Gasteiger partial charge in [0.2, 0.25) is 6.10 Å². The first-order valence-electron chi connectivity index (χ1n) is 7.81. The van der Waals surface area contributed by atoms with Crippen LogP contribution in [0.25, 0.3) is 0 Å². The number of urea groups is 1. The van der Waals surface area contributed by atoms with Crippen LogP contribution in [0, 0.1) is 0 Å². The van der Waals surface area contributed by atoms with Gasteiger partial charge in [-0.15, -0.1) is 0 Å². The Labute approximate surface area is 156 Å². The number of hydrogen-bond acceptors (Lipinski definition) is 6. The van der Waals surface area contributed by atoms with Gasteiger partial charge in [0.1, 0.15) is 0 Å². The number of nitrogens with one attached hydrogen (secondary N) is 2. The number of carbonyl (C=O) groups is 3. The van der Waals surface area contributed by atoms with Crippen LogP contribution in [0.5, 0.6) is 0 Å². The molecular weight excluding hydrogens is 372 g/mol. The minimum Gasteiger partial charge on any atom is -0.444 e. The maximum absolute atomic E-state index is 12.4. The molecule has 0 aromatic heterocycles. The molecule has 2 rings (SSSR count). The Morgan fingerprint density at radius 1 is 0.963 bits per heavy atom. The zero-order chi connectivity index (χ0) is 20.0. The van der Waals surface area contributed by atoms with Crippen LogP contribution in [-0.4, -0.2) is 39.6 Å². The Morgan fingerprint density at radius 3 is 2.07 bits per heavy atom. The van der Waals surface area contributed by atoms with Crippen molar-refractivity contribution in [1.82, 2.24) is 10.6 Å². The summed E-state index contributed by atoms with van der Waals surface area (Å²) in [5.41, 5.74) is 0.441. The predicted octanol–water partition coefficient (Wildman–Crippen LogP) is 1.44. The second kappa shape index (κ2) is 8.45. The molecular formula is C18H18N2O6S. The van der Waals surface area contributed by atoms with Crippen molar-refractivity contribution in [2.75, 3.05) is 13.3 Å². The predicted molar refractivity (Wildman–Crippen MR) is 96.7 cm³/mol. The van der Waals surface area contributed by atoms with Gasteiger partial charge in [-0.2, -0.15) is 0 Å². The van der Waals surface area contributed by atoms with E-state index in [9.17, 15) is 22.8 Å². The van der Waals surface area contributed by atoms with E-state index in [1.165, 1.54) is 31.3 Å². The van der Waals surface area contributed by atoms with Crippen molar-refractivity contribution in [3.63, 3.8) is 0 Å². The summed E-state index contributed by atoms with van der Waals surface area (Å²) in [5.74, 6) is -1.65. The zero-order valence-electron chi connectivity index (χ0n) is 14.6. The largest absolute Gasteiger partial charge is 0.444 e. The fraction of sp³-hybridized carbons (Fsp3) is 0.167. The molecule has 142 valence electrons. The lowest BCUT2D eigenvalue weighted by molar-refractivity contribution is -0.129. The highest BCUT2D eigenvalue weighted by molar-refractivity contribution is 7.90. The van der Waals surface area contributed by atoms with Crippen molar-refractivity contribution in [2.45, 2.75) is 11.0 Å². The van der Waals surface area contributed by atoms with Gasteiger partial charge >= 0.3 is 12.0 Å². The molecule has 0 aliphatic rings. The number of rotatable bonds is 5. The Balaban J connectivity index is 2.25. The lowest BCUT2D eigenvalue weighted by Gasteiger charge is -2.17. The van der Waals surface area contributed by atoms with E-state index in [2.05, 4.69) is 10.6 Å². The van der Waals surface area contributed by atoms with E-state index < -0.39 is 33.8 Å². The van der Waals surface area contributed by atoms with Crippen LogP contribution in [0.2, 0.25) is 0 Å². The van der Waals surface area contributed by atoms with Crippen LogP contribution in [0.3, 0.4) is 0 Å². The summed E-state index contributed by atoms with van der Waals surface area (Å²) in [7, 11) is -2.06. The molecule has 2 aromatic rings. The Bertz CT molecular complexity index is 940. The molecule has 8 nitrogen and oxygen atoms in total. The summed E-state index contributed by atoms with van der Waals surface area (Å²) < 4.78 is 28.3. The Kier molecular flexibility index (Phi) is 6.30. The minimum absolute atomic E-state index is 0.0519. The molecule has 0 bridgehead atoms. The normalized spacial score (nSPS) is 11.9. The zero-order valence-corrected chi connectivity index (χ0v) is 15.4. The van der Waals surface area contributed by atoms with Crippen LogP contribution in [-0.2, 0) is 19.4 Å². The van der Waals surface area contributed by atoms with Crippen molar-refractivity contribution in [1.29, 1.82) is 0 Å². The lowest BCUT2D eigenvalue weighted by Crippen LogP contribution is -2.41. The third-order valence-corrected chi connectivity index (χ3v) is 4.68. The number of carbonyl (C=O) groups excluding carboxylic acids is 3.